The van der Waals surface area contributed by atoms with E-state index in [4.69, 9.17) is 15.9 Å². The Hall–Kier alpha value is -3.25. The lowest BCUT2D eigenvalue weighted by Gasteiger charge is -2.25. The number of terminal acetylenes is 1. The number of aliphatic hydroxyl groups excluding tert-OH is 1. The van der Waals surface area contributed by atoms with Gasteiger partial charge in [-0.25, -0.2) is 13.5 Å². The van der Waals surface area contributed by atoms with Crippen LogP contribution in [-0.4, -0.2) is 52.2 Å². The molecule has 1 N–H and O–H groups in total. The van der Waals surface area contributed by atoms with Gasteiger partial charge in [0.2, 0.25) is 5.88 Å². The van der Waals surface area contributed by atoms with Gasteiger partial charge in [-0.1, -0.05) is 31.0 Å². The number of aryl methyl sites for hydroxylation is 1. The van der Waals surface area contributed by atoms with Crippen molar-refractivity contribution in [3.05, 3.63) is 71.4 Å². The van der Waals surface area contributed by atoms with E-state index in [-0.39, 0.29) is 19.0 Å². The maximum absolute atomic E-state index is 14.4. The minimum absolute atomic E-state index is 0.107. The molecule has 1 atom stereocenters. The van der Waals surface area contributed by atoms with Gasteiger partial charge in [-0.2, -0.15) is 5.10 Å². The second-order valence-electron chi connectivity index (χ2n) is 7.90. The normalized spacial score (nSPS) is 12.0. The molecule has 3 aromatic rings. The molecule has 6 nitrogen and oxygen atoms in total. The fourth-order valence-corrected chi connectivity index (χ4v) is 3.61. The molecular formula is C26H29F2N3O3. The third-order valence-corrected chi connectivity index (χ3v) is 5.12. The molecule has 0 saturated carbocycles. The molecule has 0 bridgehead atoms. The summed E-state index contributed by atoms with van der Waals surface area (Å²) in [6.45, 7) is 5.59. The molecule has 0 aliphatic heterocycles. The lowest BCUT2D eigenvalue weighted by molar-refractivity contribution is 0.0259. The summed E-state index contributed by atoms with van der Waals surface area (Å²) in [4.78, 5) is 2.05. The van der Waals surface area contributed by atoms with Gasteiger partial charge in [0.1, 0.15) is 12.4 Å². The molecule has 3 rings (SSSR count). The van der Waals surface area contributed by atoms with Gasteiger partial charge in [0, 0.05) is 19.2 Å². The molecule has 1 unspecified atom stereocenters. The van der Waals surface area contributed by atoms with Gasteiger partial charge in [-0.05, 0) is 44.2 Å². The highest BCUT2D eigenvalue weighted by Gasteiger charge is 2.23. The molecule has 8 heteroatoms. The average Bonchev–Trinajstić information content (AvgIpc) is 3.11. The van der Waals surface area contributed by atoms with Crippen LogP contribution in [0, 0.1) is 30.9 Å². The predicted octanol–water partition coefficient (Wildman–Crippen LogP) is 4.47. The van der Waals surface area contributed by atoms with Gasteiger partial charge in [0.05, 0.1) is 29.7 Å². The Morgan fingerprint density at radius 3 is 2.65 bits per heavy atom. The van der Waals surface area contributed by atoms with E-state index in [0.717, 1.165) is 29.8 Å². The zero-order valence-electron chi connectivity index (χ0n) is 19.4. The van der Waals surface area contributed by atoms with E-state index in [9.17, 15) is 13.9 Å². The number of aromatic nitrogens is 2. The van der Waals surface area contributed by atoms with Gasteiger partial charge in [0.25, 0.3) is 0 Å². The first kappa shape index (κ1) is 25.4. The number of ether oxygens (including phenoxy) is 2. The molecule has 0 spiro atoms. The first-order valence-corrected chi connectivity index (χ1v) is 11.1. The molecule has 1 heterocycles. The average molecular weight is 470 g/mol. The van der Waals surface area contributed by atoms with Crippen molar-refractivity contribution in [3.63, 3.8) is 0 Å². The summed E-state index contributed by atoms with van der Waals surface area (Å²) in [5.74, 6) is 1.10. The third-order valence-electron chi connectivity index (χ3n) is 5.12. The Labute approximate surface area is 198 Å². The highest BCUT2D eigenvalue weighted by Crippen LogP contribution is 2.33. The summed E-state index contributed by atoms with van der Waals surface area (Å²) in [6, 6.07) is 12.5. The molecular weight excluding hydrogens is 440 g/mol. The van der Waals surface area contributed by atoms with Crippen molar-refractivity contribution in [2.45, 2.75) is 32.9 Å². The largest absolute Gasteiger partial charge is 0.435 e. The van der Waals surface area contributed by atoms with E-state index in [1.165, 1.54) is 6.07 Å². The zero-order chi connectivity index (χ0) is 24.5. The van der Waals surface area contributed by atoms with Crippen LogP contribution in [-0.2, 0) is 11.3 Å². The van der Waals surface area contributed by atoms with Gasteiger partial charge in [-0.3, -0.25) is 4.90 Å². The van der Waals surface area contributed by atoms with Gasteiger partial charge in [-0.15, -0.1) is 6.42 Å². The van der Waals surface area contributed by atoms with E-state index < -0.39 is 17.7 Å². The number of halogens is 2. The Morgan fingerprint density at radius 2 is 1.97 bits per heavy atom. The van der Waals surface area contributed by atoms with Crippen LogP contribution in [0.2, 0.25) is 0 Å². The van der Waals surface area contributed by atoms with Gasteiger partial charge in [0.15, 0.2) is 11.6 Å². The zero-order valence-corrected chi connectivity index (χ0v) is 19.4. The van der Waals surface area contributed by atoms with Crippen LogP contribution in [0.4, 0.5) is 8.78 Å². The molecule has 0 saturated heterocycles. The van der Waals surface area contributed by atoms with E-state index in [1.807, 2.05) is 44.2 Å². The van der Waals surface area contributed by atoms with Crippen LogP contribution >= 0.6 is 0 Å². The minimum Gasteiger partial charge on any atom is -0.435 e. The van der Waals surface area contributed by atoms with Crippen molar-refractivity contribution < 1.29 is 23.4 Å². The lowest BCUT2D eigenvalue weighted by Crippen LogP contribution is -2.35. The Kier molecular flexibility index (Phi) is 9.16. The first-order chi connectivity index (χ1) is 16.4. The van der Waals surface area contributed by atoms with Crippen LogP contribution in [0.25, 0.3) is 5.69 Å². The maximum atomic E-state index is 14.4. The number of hydrogen-bond acceptors (Lipinski definition) is 5. The summed E-state index contributed by atoms with van der Waals surface area (Å²) in [7, 11) is 0. The Bertz CT molecular complexity index is 1110. The van der Waals surface area contributed by atoms with Crippen molar-refractivity contribution >= 4 is 0 Å². The highest BCUT2D eigenvalue weighted by molar-refractivity contribution is 5.43. The number of hydrogen-bond donors (Lipinski definition) is 1. The fraction of sp³-hybridized carbons (Fsp3) is 0.346. The van der Waals surface area contributed by atoms with Gasteiger partial charge >= 0.3 is 0 Å². The monoisotopic (exact) mass is 469 g/mol. The van der Waals surface area contributed by atoms with Crippen LogP contribution in [0.3, 0.4) is 0 Å². The van der Waals surface area contributed by atoms with Gasteiger partial charge < -0.3 is 14.6 Å². The lowest BCUT2D eigenvalue weighted by atomic mass is 10.2. The quantitative estimate of drug-likeness (QED) is 0.313. The topological polar surface area (TPSA) is 59.8 Å². The van der Waals surface area contributed by atoms with Crippen LogP contribution in [0.15, 0.2) is 48.5 Å². The standard InChI is InChI=1S/C26H29F2N3O3/c1-4-13-30(16-22(32)18-33-14-5-2)17-23-19(3)29-31(21-9-7-6-8-10-21)26(23)34-25-12-11-20(27)15-24(25)28/h2,6-12,15,22,32H,4,13-14,16-18H2,1,3H3. The smallest absolute Gasteiger partial charge is 0.227 e. The first-order valence-electron chi connectivity index (χ1n) is 11.1. The summed E-state index contributed by atoms with van der Waals surface area (Å²) >= 11 is 0. The number of rotatable bonds is 12. The Balaban J connectivity index is 1.94. The number of benzene rings is 2. The molecule has 2 aromatic carbocycles. The highest BCUT2D eigenvalue weighted by atomic mass is 19.1. The van der Waals surface area contributed by atoms with Crippen molar-refractivity contribution in [1.82, 2.24) is 14.7 Å². The van der Waals surface area contributed by atoms with Crippen LogP contribution in [0.5, 0.6) is 11.6 Å². The van der Waals surface area contributed by atoms with E-state index >= 15 is 0 Å². The summed E-state index contributed by atoms with van der Waals surface area (Å²) < 4.78 is 40.7. The van der Waals surface area contributed by atoms with Crippen molar-refractivity contribution in [2.24, 2.45) is 0 Å². The summed E-state index contributed by atoms with van der Waals surface area (Å²) in [6.07, 6.45) is 5.31. The van der Waals surface area contributed by atoms with E-state index in [0.29, 0.717) is 31.2 Å². The molecule has 34 heavy (non-hydrogen) atoms. The maximum Gasteiger partial charge on any atom is 0.227 e. The SMILES string of the molecule is C#CCOCC(O)CN(CCC)Cc1c(C)nn(-c2ccccc2)c1Oc1ccc(F)cc1F. The molecule has 0 fully saturated rings. The van der Waals surface area contributed by atoms with Crippen LogP contribution in [0.1, 0.15) is 24.6 Å². The summed E-state index contributed by atoms with van der Waals surface area (Å²) in [5, 5.41) is 15.0. The van der Waals surface area contributed by atoms with E-state index in [2.05, 4.69) is 15.9 Å². The Morgan fingerprint density at radius 1 is 1.21 bits per heavy atom. The van der Waals surface area contributed by atoms with Crippen molar-refractivity contribution in [2.75, 3.05) is 26.3 Å². The van der Waals surface area contributed by atoms with Crippen molar-refractivity contribution in [3.8, 4) is 29.7 Å². The molecule has 1 aromatic heterocycles. The molecule has 0 aliphatic carbocycles. The summed E-state index contributed by atoms with van der Waals surface area (Å²) in [5.41, 5.74) is 2.16. The predicted molar refractivity (Wildman–Crippen MR) is 126 cm³/mol. The fourth-order valence-electron chi connectivity index (χ4n) is 3.61. The molecule has 0 amide bonds. The minimum atomic E-state index is -0.809. The second-order valence-corrected chi connectivity index (χ2v) is 7.90. The number of aliphatic hydroxyl groups is 1. The molecule has 0 radical (unpaired) electrons. The van der Waals surface area contributed by atoms with E-state index in [1.54, 1.807) is 4.68 Å². The molecule has 0 aliphatic rings. The number of para-hydroxylation sites is 1. The molecule has 180 valence electrons. The van der Waals surface area contributed by atoms with Crippen molar-refractivity contribution in [1.29, 1.82) is 0 Å². The second kappa shape index (κ2) is 12.3. The number of nitrogens with zero attached hydrogens (tertiary/aromatic N) is 3. The van der Waals surface area contributed by atoms with Crippen LogP contribution < -0.4 is 4.74 Å². The third kappa shape index (κ3) is 6.64.